The van der Waals surface area contributed by atoms with Crippen LogP contribution >= 0.6 is 0 Å². The van der Waals surface area contributed by atoms with Gasteiger partial charge in [0.2, 0.25) is 0 Å². The number of ether oxygens (including phenoxy) is 1. The molecule has 20 heavy (non-hydrogen) atoms. The molecule has 2 heterocycles. The Balaban J connectivity index is 1.61. The number of anilines is 1. The van der Waals surface area contributed by atoms with Gasteiger partial charge in [-0.15, -0.1) is 0 Å². The van der Waals surface area contributed by atoms with Crippen LogP contribution < -0.4 is 10.1 Å². The lowest BCUT2D eigenvalue weighted by molar-refractivity contribution is 0.271. The van der Waals surface area contributed by atoms with Crippen LogP contribution in [0, 0.1) is 5.92 Å². The highest BCUT2D eigenvalue weighted by molar-refractivity contribution is 5.49. The van der Waals surface area contributed by atoms with E-state index >= 15 is 0 Å². The number of benzene rings is 1. The van der Waals surface area contributed by atoms with Gasteiger partial charge in [-0.2, -0.15) is 0 Å². The monoisotopic (exact) mass is 274 g/mol. The number of rotatable bonds is 5. The Hall–Kier alpha value is -1.22. The predicted octanol–water partition coefficient (Wildman–Crippen LogP) is 3.37. The van der Waals surface area contributed by atoms with Crippen molar-refractivity contribution < 1.29 is 4.74 Å². The molecule has 110 valence electrons. The average Bonchev–Trinajstić information content (AvgIpc) is 3.02. The molecular formula is C17H26N2O. The van der Waals surface area contributed by atoms with Crippen molar-refractivity contribution in [3.8, 4) is 5.75 Å². The lowest BCUT2D eigenvalue weighted by Crippen LogP contribution is -2.33. The summed E-state index contributed by atoms with van der Waals surface area (Å²) in [4.78, 5) is 2.64. The van der Waals surface area contributed by atoms with E-state index in [1.54, 1.807) is 0 Å². The fourth-order valence-corrected chi connectivity index (χ4v) is 3.40. The van der Waals surface area contributed by atoms with Crippen molar-refractivity contribution in [2.75, 3.05) is 25.0 Å². The third kappa shape index (κ3) is 3.09. The second-order valence-electron chi connectivity index (χ2n) is 6.52. The van der Waals surface area contributed by atoms with Crippen LogP contribution in [0.15, 0.2) is 24.3 Å². The summed E-state index contributed by atoms with van der Waals surface area (Å²) in [7, 11) is 0. The van der Waals surface area contributed by atoms with Gasteiger partial charge in [0.25, 0.3) is 0 Å². The largest absolute Gasteiger partial charge is 0.493 e. The molecule has 3 heteroatoms. The van der Waals surface area contributed by atoms with Crippen molar-refractivity contribution in [1.82, 2.24) is 4.90 Å². The van der Waals surface area contributed by atoms with Gasteiger partial charge in [-0.1, -0.05) is 19.9 Å². The third-order valence-corrected chi connectivity index (χ3v) is 4.38. The number of nitrogens with zero attached hydrogens (tertiary/aromatic N) is 1. The minimum Gasteiger partial charge on any atom is -0.493 e. The molecule has 1 aromatic carbocycles. The van der Waals surface area contributed by atoms with E-state index < -0.39 is 0 Å². The second-order valence-corrected chi connectivity index (χ2v) is 6.52. The Morgan fingerprint density at radius 2 is 2.20 bits per heavy atom. The van der Waals surface area contributed by atoms with E-state index in [1.807, 2.05) is 6.07 Å². The van der Waals surface area contributed by atoms with Crippen molar-refractivity contribution in [3.63, 3.8) is 0 Å². The van der Waals surface area contributed by atoms with E-state index in [9.17, 15) is 0 Å². The zero-order chi connectivity index (χ0) is 13.9. The van der Waals surface area contributed by atoms with Crippen LogP contribution in [-0.4, -0.2) is 36.7 Å². The van der Waals surface area contributed by atoms with Gasteiger partial charge in [0.1, 0.15) is 5.75 Å². The minimum absolute atomic E-state index is 0.563. The Bertz CT molecular complexity index is 446. The molecule has 0 bridgehead atoms. The van der Waals surface area contributed by atoms with E-state index in [2.05, 4.69) is 42.3 Å². The zero-order valence-corrected chi connectivity index (χ0v) is 12.6. The maximum atomic E-state index is 5.81. The first-order chi connectivity index (χ1) is 9.72. The Kier molecular flexibility index (Phi) is 4.16. The molecule has 0 amide bonds. The molecule has 2 fully saturated rings. The van der Waals surface area contributed by atoms with Gasteiger partial charge >= 0.3 is 0 Å². The predicted molar refractivity (Wildman–Crippen MR) is 83.4 cm³/mol. The first-order valence-corrected chi connectivity index (χ1v) is 7.96. The Morgan fingerprint density at radius 3 is 3.05 bits per heavy atom. The molecule has 2 aliphatic heterocycles. The molecule has 3 nitrogen and oxygen atoms in total. The highest BCUT2D eigenvalue weighted by Gasteiger charge is 2.36. The van der Waals surface area contributed by atoms with E-state index in [0.717, 1.165) is 18.4 Å². The smallest absolute Gasteiger partial charge is 0.121 e. The summed E-state index contributed by atoms with van der Waals surface area (Å²) >= 11 is 0. The molecule has 0 aliphatic carbocycles. The number of hydrogen-bond donors (Lipinski definition) is 1. The van der Waals surface area contributed by atoms with Gasteiger partial charge in [0.05, 0.1) is 6.61 Å². The fraction of sp³-hybridized carbons (Fsp3) is 0.647. The van der Waals surface area contributed by atoms with Crippen LogP contribution in [0.3, 0.4) is 0 Å². The number of fused-ring (bicyclic) bond motifs is 1. The summed E-state index contributed by atoms with van der Waals surface area (Å²) in [6.07, 6.45) is 3.98. The lowest BCUT2D eigenvalue weighted by atomic mass is 10.1. The Labute approximate surface area is 122 Å². The molecule has 1 N–H and O–H groups in total. The van der Waals surface area contributed by atoms with Gasteiger partial charge in [-0.25, -0.2) is 0 Å². The maximum absolute atomic E-state index is 5.81. The SMILES string of the molecule is CC(C)COc1cccc(NC2CCN3CCCC23)c1. The molecule has 0 saturated carbocycles. The summed E-state index contributed by atoms with van der Waals surface area (Å²) in [5.41, 5.74) is 1.20. The molecular weight excluding hydrogens is 248 g/mol. The minimum atomic E-state index is 0.563. The van der Waals surface area contributed by atoms with Gasteiger partial charge in [0, 0.05) is 30.4 Å². The molecule has 2 atom stereocenters. The van der Waals surface area contributed by atoms with Crippen LogP contribution in [0.1, 0.15) is 33.1 Å². The maximum Gasteiger partial charge on any atom is 0.121 e. The van der Waals surface area contributed by atoms with Gasteiger partial charge in [0.15, 0.2) is 0 Å². The molecule has 1 aromatic rings. The molecule has 0 aromatic heterocycles. The van der Waals surface area contributed by atoms with Crippen molar-refractivity contribution in [2.24, 2.45) is 5.92 Å². The quantitative estimate of drug-likeness (QED) is 0.891. The highest BCUT2D eigenvalue weighted by atomic mass is 16.5. The van der Waals surface area contributed by atoms with Crippen molar-refractivity contribution in [1.29, 1.82) is 0 Å². The molecule has 0 radical (unpaired) electrons. The zero-order valence-electron chi connectivity index (χ0n) is 12.6. The number of hydrogen-bond acceptors (Lipinski definition) is 3. The van der Waals surface area contributed by atoms with E-state index in [1.165, 1.54) is 38.0 Å². The van der Waals surface area contributed by atoms with Crippen LogP contribution in [-0.2, 0) is 0 Å². The summed E-state index contributed by atoms with van der Waals surface area (Å²) in [6.45, 7) is 7.68. The van der Waals surface area contributed by atoms with Crippen LogP contribution in [0.4, 0.5) is 5.69 Å². The van der Waals surface area contributed by atoms with Crippen molar-refractivity contribution in [3.05, 3.63) is 24.3 Å². The summed E-state index contributed by atoms with van der Waals surface area (Å²) in [5.74, 6) is 1.54. The van der Waals surface area contributed by atoms with Crippen molar-refractivity contribution >= 4 is 5.69 Å². The fourth-order valence-electron chi connectivity index (χ4n) is 3.40. The van der Waals surface area contributed by atoms with E-state index in [-0.39, 0.29) is 0 Å². The first-order valence-electron chi connectivity index (χ1n) is 7.96. The molecule has 0 spiro atoms. The highest BCUT2D eigenvalue weighted by Crippen LogP contribution is 2.30. The lowest BCUT2D eigenvalue weighted by Gasteiger charge is -2.22. The summed E-state index contributed by atoms with van der Waals surface area (Å²) < 4.78 is 5.81. The van der Waals surface area contributed by atoms with E-state index in [4.69, 9.17) is 4.74 Å². The normalized spacial score (nSPS) is 25.9. The van der Waals surface area contributed by atoms with Crippen LogP contribution in [0.5, 0.6) is 5.75 Å². The Morgan fingerprint density at radius 1 is 1.30 bits per heavy atom. The average molecular weight is 274 g/mol. The standard InChI is InChI=1S/C17H26N2O/c1-13(2)12-20-15-6-3-5-14(11-15)18-16-8-10-19-9-4-7-17(16)19/h3,5-6,11,13,16-18H,4,7-10,12H2,1-2H3. The van der Waals surface area contributed by atoms with Gasteiger partial charge in [-0.3, -0.25) is 4.90 Å². The molecule has 3 rings (SSSR count). The third-order valence-electron chi connectivity index (χ3n) is 4.38. The molecule has 2 unspecified atom stereocenters. The summed E-state index contributed by atoms with van der Waals surface area (Å²) in [6, 6.07) is 9.77. The van der Waals surface area contributed by atoms with Crippen molar-refractivity contribution in [2.45, 2.75) is 45.2 Å². The topological polar surface area (TPSA) is 24.5 Å². The van der Waals surface area contributed by atoms with Crippen LogP contribution in [0.25, 0.3) is 0 Å². The summed E-state index contributed by atoms with van der Waals surface area (Å²) in [5, 5.41) is 3.72. The van der Waals surface area contributed by atoms with E-state index in [0.29, 0.717) is 12.0 Å². The van der Waals surface area contributed by atoms with Crippen LogP contribution in [0.2, 0.25) is 0 Å². The molecule has 2 saturated heterocycles. The molecule has 2 aliphatic rings. The number of nitrogens with one attached hydrogen (secondary N) is 1. The van der Waals surface area contributed by atoms with Gasteiger partial charge in [-0.05, 0) is 43.9 Å². The van der Waals surface area contributed by atoms with Gasteiger partial charge < -0.3 is 10.1 Å². The first kappa shape index (κ1) is 13.7. The second kappa shape index (κ2) is 6.04.